The zero-order valence-corrected chi connectivity index (χ0v) is 7.90. The van der Waals surface area contributed by atoms with Gasteiger partial charge in [-0.3, -0.25) is 0 Å². The van der Waals surface area contributed by atoms with Gasteiger partial charge in [-0.05, 0) is 12.8 Å². The lowest BCUT2D eigenvalue weighted by Gasteiger charge is -2.29. The lowest BCUT2D eigenvalue weighted by molar-refractivity contribution is 0.172. The Morgan fingerprint density at radius 1 is 1.50 bits per heavy atom. The fraction of sp³-hybridized carbons (Fsp3) is 0.778. The van der Waals surface area contributed by atoms with Crippen LogP contribution in [0.15, 0.2) is 5.16 Å². The van der Waals surface area contributed by atoms with Crippen molar-refractivity contribution >= 4 is 11.7 Å². The second-order valence-electron chi connectivity index (χ2n) is 4.06. The number of urea groups is 1. The summed E-state index contributed by atoms with van der Waals surface area (Å²) in [4.78, 5) is 18.4. The van der Waals surface area contributed by atoms with Crippen molar-refractivity contribution in [3.05, 3.63) is 0 Å². The molecule has 0 aromatic carbocycles. The Labute approximate surface area is 82.1 Å². The van der Waals surface area contributed by atoms with Crippen LogP contribution in [-0.4, -0.2) is 41.9 Å². The lowest BCUT2D eigenvalue weighted by atomic mass is 9.96. The Bertz CT molecular complexity index is 302. The van der Waals surface area contributed by atoms with Gasteiger partial charge in [-0.15, -0.1) is 0 Å². The topological polar surface area (TPSA) is 53.9 Å². The van der Waals surface area contributed by atoms with Crippen molar-refractivity contribution in [2.24, 2.45) is 5.16 Å². The van der Waals surface area contributed by atoms with Crippen LogP contribution in [0.1, 0.15) is 19.3 Å². The number of oxime groups is 1. The zero-order chi connectivity index (χ0) is 9.54. The number of carbonyl (C=O) groups is 1. The highest BCUT2D eigenvalue weighted by Gasteiger charge is 2.41. The number of rotatable bonds is 1. The van der Waals surface area contributed by atoms with Crippen molar-refractivity contribution in [2.45, 2.75) is 31.3 Å². The zero-order valence-electron chi connectivity index (χ0n) is 7.90. The number of amides is 2. The monoisotopic (exact) mass is 195 g/mol. The number of fused-ring (bicyclic) bond motifs is 2. The molecule has 76 valence electrons. The van der Waals surface area contributed by atoms with Crippen molar-refractivity contribution in [1.82, 2.24) is 10.2 Å². The summed E-state index contributed by atoms with van der Waals surface area (Å²) in [5.41, 5.74) is 1.04. The third kappa shape index (κ3) is 1.08. The highest BCUT2D eigenvalue weighted by Crippen LogP contribution is 2.25. The third-order valence-corrected chi connectivity index (χ3v) is 3.19. The molecule has 2 saturated heterocycles. The molecule has 5 nitrogen and oxygen atoms in total. The van der Waals surface area contributed by atoms with Gasteiger partial charge in [0, 0.05) is 19.0 Å². The first-order valence-electron chi connectivity index (χ1n) is 5.10. The molecule has 0 aromatic rings. The van der Waals surface area contributed by atoms with Crippen LogP contribution >= 0.6 is 0 Å². The maximum Gasteiger partial charge on any atom is 0.318 e. The minimum atomic E-state index is 0.0621. The maximum absolute atomic E-state index is 11.5. The van der Waals surface area contributed by atoms with Gasteiger partial charge in [0.25, 0.3) is 0 Å². The smallest absolute Gasteiger partial charge is 0.318 e. The van der Waals surface area contributed by atoms with Crippen molar-refractivity contribution < 1.29 is 9.63 Å². The SMILES string of the molecule is O=C1NC2CC[C@@H](C3=NOCC3)N1C2. The molecule has 3 heterocycles. The predicted octanol–water partition coefficient (Wildman–Crippen LogP) is 0.319. The molecule has 0 saturated carbocycles. The van der Waals surface area contributed by atoms with Gasteiger partial charge >= 0.3 is 6.03 Å². The van der Waals surface area contributed by atoms with Crippen molar-refractivity contribution in [3.8, 4) is 0 Å². The summed E-state index contributed by atoms with van der Waals surface area (Å²) >= 11 is 0. The molecule has 0 spiro atoms. The number of piperidine rings is 1. The lowest BCUT2D eigenvalue weighted by Crippen LogP contribution is -2.44. The molecule has 0 radical (unpaired) electrons. The first-order chi connectivity index (χ1) is 6.84. The van der Waals surface area contributed by atoms with E-state index >= 15 is 0 Å². The fourth-order valence-corrected chi connectivity index (χ4v) is 2.47. The summed E-state index contributed by atoms with van der Waals surface area (Å²) in [5.74, 6) is 0. The summed E-state index contributed by atoms with van der Waals surface area (Å²) in [6, 6.07) is 0.616. The van der Waals surface area contributed by atoms with E-state index < -0.39 is 0 Å². The highest BCUT2D eigenvalue weighted by molar-refractivity contribution is 5.94. The van der Waals surface area contributed by atoms with Crippen LogP contribution in [0.4, 0.5) is 4.79 Å². The fourth-order valence-electron chi connectivity index (χ4n) is 2.47. The van der Waals surface area contributed by atoms with E-state index in [1.807, 2.05) is 4.90 Å². The van der Waals surface area contributed by atoms with Gasteiger partial charge in [0.15, 0.2) is 0 Å². The average molecular weight is 195 g/mol. The normalized spacial score (nSPS) is 35.3. The summed E-state index contributed by atoms with van der Waals surface area (Å²) in [5, 5.41) is 6.97. The van der Waals surface area contributed by atoms with E-state index in [9.17, 15) is 4.79 Å². The van der Waals surface area contributed by atoms with Crippen molar-refractivity contribution in [2.75, 3.05) is 13.2 Å². The molecular formula is C9H13N3O2. The Morgan fingerprint density at radius 3 is 3.21 bits per heavy atom. The molecule has 3 aliphatic heterocycles. The van der Waals surface area contributed by atoms with Crippen LogP contribution in [-0.2, 0) is 4.84 Å². The first kappa shape index (κ1) is 8.08. The number of carbonyl (C=O) groups excluding carboxylic acids is 1. The Hall–Kier alpha value is -1.26. The molecule has 0 aliphatic carbocycles. The van der Waals surface area contributed by atoms with Gasteiger partial charge in [0.1, 0.15) is 6.61 Å². The van der Waals surface area contributed by atoms with E-state index in [0.717, 1.165) is 31.5 Å². The van der Waals surface area contributed by atoms with Crippen molar-refractivity contribution in [1.29, 1.82) is 0 Å². The molecule has 1 unspecified atom stereocenters. The van der Waals surface area contributed by atoms with E-state index in [2.05, 4.69) is 10.5 Å². The second-order valence-corrected chi connectivity index (χ2v) is 4.06. The predicted molar refractivity (Wildman–Crippen MR) is 50.1 cm³/mol. The van der Waals surface area contributed by atoms with E-state index in [1.54, 1.807) is 0 Å². The maximum atomic E-state index is 11.5. The molecule has 3 aliphatic rings. The van der Waals surface area contributed by atoms with Crippen LogP contribution in [0, 0.1) is 0 Å². The quantitative estimate of drug-likeness (QED) is 0.655. The van der Waals surface area contributed by atoms with Crippen LogP contribution in [0.5, 0.6) is 0 Å². The number of nitrogens with zero attached hydrogens (tertiary/aromatic N) is 2. The third-order valence-electron chi connectivity index (χ3n) is 3.19. The average Bonchev–Trinajstić information content (AvgIpc) is 2.78. The van der Waals surface area contributed by atoms with E-state index in [4.69, 9.17) is 4.84 Å². The van der Waals surface area contributed by atoms with E-state index in [-0.39, 0.29) is 12.1 Å². The second kappa shape index (κ2) is 2.87. The first-order valence-corrected chi connectivity index (χ1v) is 5.10. The molecule has 0 aromatic heterocycles. The van der Waals surface area contributed by atoms with Crippen LogP contribution in [0.25, 0.3) is 0 Å². The number of hydrogen-bond donors (Lipinski definition) is 1. The molecule has 2 bridgehead atoms. The van der Waals surface area contributed by atoms with Crippen LogP contribution < -0.4 is 5.32 Å². The van der Waals surface area contributed by atoms with E-state index in [0.29, 0.717) is 12.6 Å². The highest BCUT2D eigenvalue weighted by atomic mass is 16.6. The van der Waals surface area contributed by atoms with Crippen LogP contribution in [0.3, 0.4) is 0 Å². The van der Waals surface area contributed by atoms with Gasteiger partial charge in [0.05, 0.1) is 11.8 Å². The largest absolute Gasteiger partial charge is 0.395 e. The number of hydrogen-bond acceptors (Lipinski definition) is 3. The number of nitrogens with one attached hydrogen (secondary N) is 1. The minimum absolute atomic E-state index is 0.0621. The van der Waals surface area contributed by atoms with Gasteiger partial charge in [0.2, 0.25) is 0 Å². The standard InChI is InChI=1S/C9H13N3O2/c13-9-10-6-1-2-8(12(9)5-6)7-3-4-14-11-7/h6,8H,1-5H2,(H,10,13)/t6?,8-/m0/s1. The molecule has 2 amide bonds. The molecular weight excluding hydrogens is 182 g/mol. The summed E-state index contributed by atoms with van der Waals surface area (Å²) in [7, 11) is 0. The van der Waals surface area contributed by atoms with E-state index in [1.165, 1.54) is 0 Å². The molecule has 5 heteroatoms. The summed E-state index contributed by atoms with van der Waals surface area (Å²) < 4.78 is 0. The molecule has 3 rings (SSSR count). The Morgan fingerprint density at radius 2 is 2.43 bits per heavy atom. The minimum Gasteiger partial charge on any atom is -0.395 e. The molecule has 2 atom stereocenters. The molecule has 2 fully saturated rings. The van der Waals surface area contributed by atoms with Gasteiger partial charge in [-0.25, -0.2) is 4.79 Å². The summed E-state index contributed by atoms with van der Waals surface area (Å²) in [6.45, 7) is 1.51. The van der Waals surface area contributed by atoms with Crippen molar-refractivity contribution in [3.63, 3.8) is 0 Å². The Kier molecular flexibility index (Phi) is 1.65. The molecule has 14 heavy (non-hydrogen) atoms. The van der Waals surface area contributed by atoms with Gasteiger partial charge < -0.3 is 15.1 Å². The van der Waals surface area contributed by atoms with Gasteiger partial charge in [-0.2, -0.15) is 0 Å². The van der Waals surface area contributed by atoms with Gasteiger partial charge in [-0.1, -0.05) is 5.16 Å². The Balaban J connectivity index is 1.82. The summed E-state index contributed by atoms with van der Waals surface area (Å²) in [6.07, 6.45) is 2.96. The molecule has 1 N–H and O–H groups in total. The van der Waals surface area contributed by atoms with Crippen LogP contribution in [0.2, 0.25) is 0 Å².